The second-order valence-electron chi connectivity index (χ2n) is 8.10. The molecule has 0 saturated heterocycles. The molecule has 2 aromatic carbocycles. The van der Waals surface area contributed by atoms with Gasteiger partial charge < -0.3 is 4.90 Å². The van der Waals surface area contributed by atoms with E-state index in [2.05, 4.69) is 36.2 Å². The SMILES string of the molecule is CC#N.CN(CCCc1ccc(C2C(F)CCCC2F)cc1)CCc1ccccc1. The van der Waals surface area contributed by atoms with Crippen LogP contribution in [0, 0.1) is 11.3 Å². The first-order valence-corrected chi connectivity index (χ1v) is 11.0. The van der Waals surface area contributed by atoms with Crippen molar-refractivity contribution in [3.05, 3.63) is 71.3 Å². The Labute approximate surface area is 180 Å². The fourth-order valence-electron chi connectivity index (χ4n) is 4.05. The molecule has 2 unspecified atom stereocenters. The van der Waals surface area contributed by atoms with E-state index in [9.17, 15) is 8.78 Å². The molecule has 2 nitrogen and oxygen atoms in total. The number of hydrogen-bond donors (Lipinski definition) is 0. The predicted octanol–water partition coefficient (Wildman–Crippen LogP) is 6.27. The molecule has 1 aliphatic rings. The van der Waals surface area contributed by atoms with E-state index < -0.39 is 18.3 Å². The molecule has 0 aliphatic heterocycles. The normalized spacial score (nSPS) is 20.9. The lowest BCUT2D eigenvalue weighted by Crippen LogP contribution is -2.28. The van der Waals surface area contributed by atoms with E-state index in [-0.39, 0.29) is 0 Å². The first-order chi connectivity index (χ1) is 14.5. The summed E-state index contributed by atoms with van der Waals surface area (Å²) in [4.78, 5) is 2.37. The van der Waals surface area contributed by atoms with Gasteiger partial charge in [0.25, 0.3) is 0 Å². The maximum absolute atomic E-state index is 14.1. The molecule has 0 amide bonds. The van der Waals surface area contributed by atoms with Crippen LogP contribution in [0.15, 0.2) is 54.6 Å². The van der Waals surface area contributed by atoms with Crippen molar-refractivity contribution in [2.45, 2.75) is 63.7 Å². The Hall–Kier alpha value is -2.25. The highest BCUT2D eigenvalue weighted by Gasteiger charge is 2.34. The van der Waals surface area contributed by atoms with Gasteiger partial charge in [0, 0.05) is 19.4 Å². The highest BCUT2D eigenvalue weighted by atomic mass is 19.1. The van der Waals surface area contributed by atoms with Crippen molar-refractivity contribution in [3.63, 3.8) is 0 Å². The third-order valence-corrected chi connectivity index (χ3v) is 5.73. The van der Waals surface area contributed by atoms with Crippen molar-refractivity contribution < 1.29 is 8.78 Å². The highest BCUT2D eigenvalue weighted by Crippen LogP contribution is 2.37. The maximum Gasteiger partial charge on any atom is 0.110 e. The molecule has 1 saturated carbocycles. The summed E-state index contributed by atoms with van der Waals surface area (Å²) in [5, 5.41) is 7.32. The number of nitriles is 1. The molecule has 1 fully saturated rings. The van der Waals surface area contributed by atoms with E-state index >= 15 is 0 Å². The van der Waals surface area contributed by atoms with E-state index in [0.29, 0.717) is 19.3 Å². The molecule has 2 aromatic rings. The van der Waals surface area contributed by atoms with E-state index in [1.807, 2.05) is 30.3 Å². The van der Waals surface area contributed by atoms with Crippen LogP contribution in [0.3, 0.4) is 0 Å². The first-order valence-electron chi connectivity index (χ1n) is 11.0. The number of hydrogen-bond acceptors (Lipinski definition) is 2. The van der Waals surface area contributed by atoms with Crippen LogP contribution in [0.5, 0.6) is 0 Å². The molecule has 30 heavy (non-hydrogen) atoms. The lowest BCUT2D eigenvalue weighted by atomic mass is 9.81. The van der Waals surface area contributed by atoms with Gasteiger partial charge in [0.1, 0.15) is 12.3 Å². The van der Waals surface area contributed by atoms with Crippen molar-refractivity contribution in [1.29, 1.82) is 5.26 Å². The van der Waals surface area contributed by atoms with Gasteiger partial charge >= 0.3 is 0 Å². The van der Waals surface area contributed by atoms with Crippen molar-refractivity contribution in [3.8, 4) is 6.07 Å². The van der Waals surface area contributed by atoms with E-state index in [1.165, 1.54) is 18.1 Å². The zero-order valence-electron chi connectivity index (χ0n) is 18.2. The number of halogens is 2. The molecule has 2 atom stereocenters. The van der Waals surface area contributed by atoms with Crippen LogP contribution in [-0.2, 0) is 12.8 Å². The second kappa shape index (κ2) is 13.1. The standard InChI is InChI=1S/C24H31F2N.C2H3N/c1-27(18-16-19-7-3-2-4-8-19)17-6-9-20-12-14-21(15-13-20)24-22(25)10-5-11-23(24)26;1-2-3/h2-4,7-8,12-15,22-24H,5-6,9-11,16-18H2,1H3;1H3. The summed E-state index contributed by atoms with van der Waals surface area (Å²) in [6.07, 6.45) is 2.71. The van der Waals surface area contributed by atoms with Crippen LogP contribution in [0.2, 0.25) is 0 Å². The highest BCUT2D eigenvalue weighted by molar-refractivity contribution is 5.28. The maximum atomic E-state index is 14.1. The summed E-state index contributed by atoms with van der Waals surface area (Å²) in [7, 11) is 2.16. The monoisotopic (exact) mass is 412 g/mol. The fourth-order valence-corrected chi connectivity index (χ4v) is 4.05. The van der Waals surface area contributed by atoms with Crippen LogP contribution < -0.4 is 0 Å². The molecular formula is C26H34F2N2. The third kappa shape index (κ3) is 7.88. The minimum atomic E-state index is -1.04. The van der Waals surface area contributed by atoms with Crippen molar-refractivity contribution in [2.24, 2.45) is 0 Å². The minimum absolute atomic E-state index is 0.488. The molecule has 3 rings (SSSR count). The van der Waals surface area contributed by atoms with Crippen molar-refractivity contribution in [2.75, 3.05) is 20.1 Å². The third-order valence-electron chi connectivity index (χ3n) is 5.73. The van der Waals surface area contributed by atoms with Crippen molar-refractivity contribution >= 4 is 0 Å². The second-order valence-corrected chi connectivity index (χ2v) is 8.10. The average Bonchev–Trinajstić information content (AvgIpc) is 2.74. The molecular weight excluding hydrogens is 378 g/mol. The summed E-state index contributed by atoms with van der Waals surface area (Å²) in [6.45, 7) is 3.54. The van der Waals surface area contributed by atoms with Crippen LogP contribution in [-0.4, -0.2) is 37.4 Å². The van der Waals surface area contributed by atoms with Crippen molar-refractivity contribution in [1.82, 2.24) is 4.90 Å². The van der Waals surface area contributed by atoms with E-state index in [0.717, 1.165) is 37.9 Å². The zero-order valence-corrected chi connectivity index (χ0v) is 18.2. The number of aryl methyl sites for hydroxylation is 1. The number of likely N-dealkylation sites (N-methyl/N-ethyl adjacent to an activating group) is 1. The zero-order chi connectivity index (χ0) is 21.8. The number of alkyl halides is 2. The van der Waals surface area contributed by atoms with Gasteiger partial charge in [-0.1, -0.05) is 54.6 Å². The van der Waals surface area contributed by atoms with Gasteiger partial charge in [0.2, 0.25) is 0 Å². The smallest absolute Gasteiger partial charge is 0.110 e. The Bertz CT molecular complexity index is 745. The Morgan fingerprint density at radius 2 is 1.47 bits per heavy atom. The van der Waals surface area contributed by atoms with Crippen LogP contribution >= 0.6 is 0 Å². The Morgan fingerprint density at radius 3 is 2.07 bits per heavy atom. The van der Waals surface area contributed by atoms with E-state index in [1.54, 1.807) is 6.07 Å². The van der Waals surface area contributed by atoms with E-state index in [4.69, 9.17) is 5.26 Å². The summed E-state index contributed by atoms with van der Waals surface area (Å²) < 4.78 is 28.3. The lowest BCUT2D eigenvalue weighted by Gasteiger charge is -2.29. The number of nitrogens with zero attached hydrogens (tertiary/aromatic N) is 2. The van der Waals surface area contributed by atoms with Crippen LogP contribution in [0.4, 0.5) is 8.78 Å². The molecule has 1 aliphatic carbocycles. The van der Waals surface area contributed by atoms with Gasteiger partial charge in [-0.05, 0) is 68.8 Å². The lowest BCUT2D eigenvalue weighted by molar-refractivity contribution is 0.124. The minimum Gasteiger partial charge on any atom is -0.306 e. The van der Waals surface area contributed by atoms with Gasteiger partial charge in [0.05, 0.1) is 6.07 Å². The van der Waals surface area contributed by atoms with Gasteiger partial charge in [-0.25, -0.2) is 8.78 Å². The number of benzene rings is 2. The predicted molar refractivity (Wildman–Crippen MR) is 120 cm³/mol. The fraction of sp³-hybridized carbons (Fsp3) is 0.500. The van der Waals surface area contributed by atoms with Crippen LogP contribution in [0.25, 0.3) is 0 Å². The van der Waals surface area contributed by atoms with Crippen LogP contribution in [0.1, 0.15) is 55.2 Å². The molecule has 162 valence electrons. The number of rotatable bonds is 8. The molecule has 0 N–H and O–H groups in total. The molecule has 0 spiro atoms. The first kappa shape index (κ1) is 24.0. The largest absolute Gasteiger partial charge is 0.306 e. The summed E-state index contributed by atoms with van der Waals surface area (Å²) in [5.41, 5.74) is 3.44. The van der Waals surface area contributed by atoms with Gasteiger partial charge in [0.15, 0.2) is 0 Å². The summed E-state index contributed by atoms with van der Waals surface area (Å²) in [6, 6.07) is 20.3. The van der Waals surface area contributed by atoms with Gasteiger partial charge in [-0.2, -0.15) is 5.26 Å². The summed E-state index contributed by atoms with van der Waals surface area (Å²) >= 11 is 0. The molecule has 0 bridgehead atoms. The topological polar surface area (TPSA) is 27.0 Å². The Kier molecular flexibility index (Phi) is 10.5. The molecule has 0 radical (unpaired) electrons. The summed E-state index contributed by atoms with van der Waals surface area (Å²) in [5.74, 6) is -0.572. The quantitative estimate of drug-likeness (QED) is 0.511. The Morgan fingerprint density at radius 1 is 0.900 bits per heavy atom. The molecule has 0 heterocycles. The van der Waals surface area contributed by atoms with Gasteiger partial charge in [-0.3, -0.25) is 0 Å². The molecule has 4 heteroatoms. The Balaban J connectivity index is 0.00000101. The average molecular weight is 413 g/mol. The van der Waals surface area contributed by atoms with Gasteiger partial charge in [-0.15, -0.1) is 0 Å². The molecule has 0 aromatic heterocycles.